The van der Waals surface area contributed by atoms with Gasteiger partial charge >= 0.3 is 0 Å². The van der Waals surface area contributed by atoms with Crippen molar-refractivity contribution >= 4 is 28.1 Å². The summed E-state index contributed by atoms with van der Waals surface area (Å²) in [6, 6.07) is 12.1. The molecule has 6 heteroatoms. The van der Waals surface area contributed by atoms with Crippen molar-refractivity contribution in [3.63, 3.8) is 0 Å². The summed E-state index contributed by atoms with van der Waals surface area (Å²) in [7, 11) is -1.44. The zero-order valence-electron chi connectivity index (χ0n) is 14.7. The van der Waals surface area contributed by atoms with E-state index in [1.807, 2.05) is 20.8 Å². The minimum Gasteiger partial charge on any atom is -0.247 e. The third kappa shape index (κ3) is 4.02. The molecule has 3 nitrogen and oxygen atoms in total. The van der Waals surface area contributed by atoms with E-state index in [9.17, 15) is 13.0 Å². The van der Waals surface area contributed by atoms with Gasteiger partial charge in [0.15, 0.2) is 0 Å². The van der Waals surface area contributed by atoms with Gasteiger partial charge in [-0.3, -0.25) is 0 Å². The van der Waals surface area contributed by atoms with E-state index in [2.05, 4.69) is 9.38 Å². The van der Waals surface area contributed by atoms with Crippen molar-refractivity contribution in [3.05, 3.63) is 65.7 Å². The molecule has 26 heavy (non-hydrogen) atoms. The summed E-state index contributed by atoms with van der Waals surface area (Å²) >= 11 is 0. The van der Waals surface area contributed by atoms with Gasteiger partial charge in [0.1, 0.15) is 22.6 Å². The van der Waals surface area contributed by atoms with E-state index in [1.165, 1.54) is 30.5 Å². The van der Waals surface area contributed by atoms with E-state index >= 15 is 0 Å². The summed E-state index contributed by atoms with van der Waals surface area (Å²) in [4.78, 5) is 4.49. The van der Waals surface area contributed by atoms with Crippen molar-refractivity contribution in [3.8, 4) is 11.3 Å². The highest BCUT2D eigenvalue weighted by Gasteiger charge is 2.18. The van der Waals surface area contributed by atoms with Crippen LogP contribution in [0, 0.1) is 11.6 Å². The first-order valence-electron chi connectivity index (χ1n) is 8.06. The van der Waals surface area contributed by atoms with Crippen LogP contribution in [0.3, 0.4) is 0 Å². The standard InChI is InChI=1S/C20H18F2N2OS/c1-20(2,3)26(25)23-12-15-9-13-7-8-17(22)11-18(13)24-19(15)14-5-4-6-16(21)10-14/h4-12H,1-3H3/b23-12+. The van der Waals surface area contributed by atoms with E-state index < -0.39 is 27.4 Å². The molecule has 0 amide bonds. The fraction of sp³-hybridized carbons (Fsp3) is 0.200. The van der Waals surface area contributed by atoms with Gasteiger partial charge in [-0.25, -0.2) is 18.0 Å². The maximum absolute atomic E-state index is 13.7. The smallest absolute Gasteiger partial charge is 0.144 e. The minimum atomic E-state index is -1.44. The first-order chi connectivity index (χ1) is 12.2. The summed E-state index contributed by atoms with van der Waals surface area (Å²) in [5.41, 5.74) is 2.04. The Labute approximate surface area is 153 Å². The molecular formula is C20H18F2N2OS. The maximum Gasteiger partial charge on any atom is 0.144 e. The van der Waals surface area contributed by atoms with Crippen LogP contribution in [0.1, 0.15) is 26.3 Å². The number of fused-ring (bicyclic) bond motifs is 1. The van der Waals surface area contributed by atoms with Crippen LogP contribution in [-0.2, 0) is 11.0 Å². The van der Waals surface area contributed by atoms with Crippen molar-refractivity contribution in [2.24, 2.45) is 4.40 Å². The lowest BCUT2D eigenvalue weighted by atomic mass is 10.0. The molecule has 1 atom stereocenters. The topological polar surface area (TPSA) is 42.3 Å². The molecule has 0 fully saturated rings. The third-order valence-electron chi connectivity index (χ3n) is 3.72. The zero-order chi connectivity index (χ0) is 18.9. The molecule has 0 saturated carbocycles. The molecule has 0 N–H and O–H groups in total. The van der Waals surface area contributed by atoms with Crippen LogP contribution in [0.25, 0.3) is 22.2 Å². The van der Waals surface area contributed by atoms with E-state index in [1.54, 1.807) is 24.3 Å². The SMILES string of the molecule is CC(C)(C)S(=O)/N=C/c1cc2ccc(F)cc2nc1-c1cccc(F)c1. The number of hydrogen-bond donors (Lipinski definition) is 0. The molecule has 2 aromatic carbocycles. The van der Waals surface area contributed by atoms with Crippen LogP contribution in [0.4, 0.5) is 8.78 Å². The van der Waals surface area contributed by atoms with Gasteiger partial charge < -0.3 is 0 Å². The highest BCUT2D eigenvalue weighted by Crippen LogP contribution is 2.26. The molecular weight excluding hydrogens is 354 g/mol. The maximum atomic E-state index is 13.7. The number of rotatable bonds is 3. The molecule has 0 radical (unpaired) electrons. The van der Waals surface area contributed by atoms with Gasteiger partial charge in [0, 0.05) is 28.8 Å². The van der Waals surface area contributed by atoms with E-state index in [0.29, 0.717) is 22.3 Å². The summed E-state index contributed by atoms with van der Waals surface area (Å²) in [6.45, 7) is 5.49. The van der Waals surface area contributed by atoms with Gasteiger partial charge in [0.05, 0.1) is 16.0 Å². The number of aromatic nitrogens is 1. The lowest BCUT2D eigenvalue weighted by molar-refractivity contribution is 0.628. The Morgan fingerprint density at radius 1 is 1.04 bits per heavy atom. The first kappa shape index (κ1) is 18.3. The Bertz CT molecular complexity index is 1030. The Morgan fingerprint density at radius 3 is 2.46 bits per heavy atom. The fourth-order valence-corrected chi connectivity index (χ4v) is 2.91. The zero-order valence-corrected chi connectivity index (χ0v) is 15.5. The average Bonchev–Trinajstić information content (AvgIpc) is 2.58. The van der Waals surface area contributed by atoms with Gasteiger partial charge in [0.2, 0.25) is 0 Å². The molecule has 1 aromatic heterocycles. The fourth-order valence-electron chi connectivity index (χ4n) is 2.38. The number of halogens is 2. The van der Waals surface area contributed by atoms with Crippen LogP contribution in [0.5, 0.6) is 0 Å². The molecule has 0 aliphatic carbocycles. The third-order valence-corrected chi connectivity index (χ3v) is 5.06. The lowest BCUT2D eigenvalue weighted by Gasteiger charge is -2.13. The summed E-state index contributed by atoms with van der Waals surface area (Å²) in [5.74, 6) is -0.796. The highest BCUT2D eigenvalue weighted by atomic mass is 32.2. The van der Waals surface area contributed by atoms with Crippen molar-refractivity contribution in [1.29, 1.82) is 0 Å². The summed E-state index contributed by atoms with van der Waals surface area (Å²) in [6.07, 6.45) is 1.48. The summed E-state index contributed by atoms with van der Waals surface area (Å²) in [5, 5.41) is 0.717. The lowest BCUT2D eigenvalue weighted by Crippen LogP contribution is -2.19. The van der Waals surface area contributed by atoms with Crippen molar-refractivity contribution < 1.29 is 13.0 Å². The molecule has 1 unspecified atom stereocenters. The van der Waals surface area contributed by atoms with Gasteiger partial charge in [-0.1, -0.05) is 12.1 Å². The molecule has 0 aliphatic heterocycles. The van der Waals surface area contributed by atoms with Gasteiger partial charge in [0.25, 0.3) is 0 Å². The number of benzene rings is 2. The van der Waals surface area contributed by atoms with E-state index in [4.69, 9.17) is 0 Å². The molecule has 1 heterocycles. The van der Waals surface area contributed by atoms with E-state index in [-0.39, 0.29) is 0 Å². The second-order valence-corrected chi connectivity index (χ2v) is 8.80. The second kappa shape index (κ2) is 7.03. The van der Waals surface area contributed by atoms with Crippen LogP contribution in [-0.4, -0.2) is 20.2 Å². The van der Waals surface area contributed by atoms with Crippen molar-refractivity contribution in [2.45, 2.75) is 25.5 Å². The second-order valence-electron chi connectivity index (χ2n) is 6.87. The monoisotopic (exact) mass is 372 g/mol. The predicted molar refractivity (Wildman–Crippen MR) is 103 cm³/mol. The normalized spacial score (nSPS) is 13.4. The summed E-state index contributed by atoms with van der Waals surface area (Å²) < 4.78 is 43.1. The Hall–Kier alpha value is -2.47. The highest BCUT2D eigenvalue weighted by molar-refractivity contribution is 7.85. The predicted octanol–water partition coefficient (Wildman–Crippen LogP) is 5.06. The molecule has 0 saturated heterocycles. The van der Waals surface area contributed by atoms with Crippen LogP contribution >= 0.6 is 0 Å². The molecule has 3 aromatic rings. The minimum absolute atomic E-state index is 0.398. The Morgan fingerprint density at radius 2 is 1.77 bits per heavy atom. The quantitative estimate of drug-likeness (QED) is 0.603. The number of nitrogens with zero attached hydrogens (tertiary/aromatic N) is 2. The van der Waals surface area contributed by atoms with Gasteiger partial charge in [-0.05, 0) is 51.1 Å². The number of hydrogen-bond acceptors (Lipinski definition) is 2. The first-order valence-corrected chi connectivity index (χ1v) is 9.17. The molecule has 0 bridgehead atoms. The van der Waals surface area contributed by atoms with Crippen LogP contribution in [0.15, 0.2) is 52.9 Å². The largest absolute Gasteiger partial charge is 0.247 e. The molecule has 0 spiro atoms. The van der Waals surface area contributed by atoms with Crippen LogP contribution < -0.4 is 0 Å². The molecule has 134 valence electrons. The van der Waals surface area contributed by atoms with Crippen molar-refractivity contribution in [2.75, 3.05) is 0 Å². The number of pyridine rings is 1. The van der Waals surface area contributed by atoms with Crippen LogP contribution in [0.2, 0.25) is 0 Å². The average molecular weight is 372 g/mol. The van der Waals surface area contributed by atoms with Gasteiger partial charge in [-0.15, -0.1) is 0 Å². The van der Waals surface area contributed by atoms with E-state index in [0.717, 1.165) is 5.39 Å². The Balaban J connectivity index is 2.19. The van der Waals surface area contributed by atoms with Gasteiger partial charge in [-0.2, -0.15) is 4.40 Å². The molecule has 3 rings (SSSR count). The Kier molecular flexibility index (Phi) is 4.96. The van der Waals surface area contributed by atoms with Crippen molar-refractivity contribution in [1.82, 2.24) is 4.98 Å². The molecule has 0 aliphatic rings.